The van der Waals surface area contributed by atoms with Crippen LogP contribution in [0, 0.1) is 17.0 Å². The Morgan fingerprint density at radius 3 is 2.39 bits per heavy atom. The fourth-order valence-corrected chi connectivity index (χ4v) is 3.80. The summed E-state index contributed by atoms with van der Waals surface area (Å²) in [5, 5.41) is 14.8. The van der Waals surface area contributed by atoms with Crippen molar-refractivity contribution in [3.8, 4) is 5.75 Å². The van der Waals surface area contributed by atoms with Gasteiger partial charge in [0, 0.05) is 17.5 Å². The van der Waals surface area contributed by atoms with E-state index in [-0.39, 0.29) is 45.4 Å². The number of hydrogen-bond donors (Lipinski definition) is 0. The second-order valence-electron chi connectivity index (χ2n) is 8.11. The lowest BCUT2D eigenvalue weighted by molar-refractivity contribution is -0.385. The molecular weight excluding hydrogens is 454 g/mol. The lowest BCUT2D eigenvalue weighted by Gasteiger charge is -2.10. The van der Waals surface area contributed by atoms with Crippen molar-refractivity contribution in [3.63, 3.8) is 0 Å². The molecular formula is C21H21N3O8S. The van der Waals surface area contributed by atoms with Crippen molar-refractivity contribution in [2.24, 2.45) is 0 Å². The lowest BCUT2D eigenvalue weighted by Crippen LogP contribution is -2.13. The average Bonchev–Trinajstić information content (AvgIpc) is 3.22. The SMILES string of the molecule is Cc1ccc([N+](=O)[O-])cc1S(=O)(=O)Oc1ccc(C(=O)OCc2nc(C(C)(C)C)no2)cc1. The van der Waals surface area contributed by atoms with E-state index in [1.54, 1.807) is 0 Å². The van der Waals surface area contributed by atoms with Crippen molar-refractivity contribution >= 4 is 21.8 Å². The van der Waals surface area contributed by atoms with Crippen molar-refractivity contribution < 1.29 is 31.6 Å². The maximum absolute atomic E-state index is 12.6. The van der Waals surface area contributed by atoms with Gasteiger partial charge in [0.05, 0.1) is 10.5 Å². The van der Waals surface area contributed by atoms with Crippen molar-refractivity contribution in [2.75, 3.05) is 0 Å². The summed E-state index contributed by atoms with van der Waals surface area (Å²) in [6, 6.07) is 8.63. The second kappa shape index (κ2) is 8.98. The Hall–Kier alpha value is -3.80. The van der Waals surface area contributed by atoms with Crippen molar-refractivity contribution in [1.82, 2.24) is 10.1 Å². The number of rotatable bonds is 7. The molecule has 0 radical (unpaired) electrons. The third-order valence-electron chi connectivity index (χ3n) is 4.41. The number of carbonyl (C=O) groups excluding carboxylic acids is 1. The highest BCUT2D eigenvalue weighted by molar-refractivity contribution is 7.87. The van der Waals surface area contributed by atoms with Gasteiger partial charge in [0.1, 0.15) is 10.6 Å². The number of aromatic nitrogens is 2. The third kappa shape index (κ3) is 5.71. The number of non-ortho nitro benzene ring substituents is 1. The van der Waals surface area contributed by atoms with E-state index in [0.29, 0.717) is 5.82 Å². The first kappa shape index (κ1) is 23.9. The molecule has 0 saturated heterocycles. The Balaban J connectivity index is 1.67. The molecule has 0 saturated carbocycles. The quantitative estimate of drug-likeness (QED) is 0.214. The summed E-state index contributed by atoms with van der Waals surface area (Å²) in [4.78, 5) is 26.4. The van der Waals surface area contributed by atoms with E-state index in [1.807, 2.05) is 20.8 Å². The van der Waals surface area contributed by atoms with Gasteiger partial charge in [-0.3, -0.25) is 10.1 Å². The monoisotopic (exact) mass is 475 g/mol. The topological polar surface area (TPSA) is 152 Å². The number of nitrogens with zero attached hydrogens (tertiary/aromatic N) is 3. The van der Waals surface area contributed by atoms with Crippen molar-refractivity contribution in [3.05, 3.63) is 75.4 Å². The van der Waals surface area contributed by atoms with Gasteiger partial charge in [-0.25, -0.2) is 4.79 Å². The molecule has 1 aromatic heterocycles. The van der Waals surface area contributed by atoms with Gasteiger partial charge in [-0.05, 0) is 36.8 Å². The second-order valence-corrected chi connectivity index (χ2v) is 9.62. The Kier molecular flexibility index (Phi) is 6.49. The maximum Gasteiger partial charge on any atom is 0.339 e. The Labute approximate surface area is 189 Å². The number of ether oxygens (including phenoxy) is 1. The highest BCUT2D eigenvalue weighted by Crippen LogP contribution is 2.25. The van der Waals surface area contributed by atoms with Crippen LogP contribution in [0.4, 0.5) is 5.69 Å². The van der Waals surface area contributed by atoms with Gasteiger partial charge >= 0.3 is 16.1 Å². The summed E-state index contributed by atoms with van der Waals surface area (Å²) in [6.45, 7) is 7.01. The normalized spacial score (nSPS) is 11.8. The predicted octanol–water partition coefficient (Wildman–Crippen LogP) is 3.71. The Morgan fingerprint density at radius 2 is 1.82 bits per heavy atom. The summed E-state index contributed by atoms with van der Waals surface area (Å²) >= 11 is 0. The van der Waals surface area contributed by atoms with E-state index in [1.165, 1.54) is 43.3 Å². The van der Waals surface area contributed by atoms with E-state index in [2.05, 4.69) is 10.1 Å². The van der Waals surface area contributed by atoms with Crippen LogP contribution < -0.4 is 4.18 Å². The summed E-state index contributed by atoms with van der Waals surface area (Å²) < 4.78 is 40.4. The van der Waals surface area contributed by atoms with Crippen LogP contribution in [0.5, 0.6) is 5.75 Å². The van der Waals surface area contributed by atoms with Crippen LogP contribution >= 0.6 is 0 Å². The zero-order valence-corrected chi connectivity index (χ0v) is 19.1. The minimum atomic E-state index is -4.34. The fourth-order valence-electron chi connectivity index (χ4n) is 2.62. The van der Waals surface area contributed by atoms with E-state index in [0.717, 1.165) is 6.07 Å². The van der Waals surface area contributed by atoms with Crippen LogP contribution in [-0.4, -0.2) is 29.5 Å². The number of esters is 1. The van der Waals surface area contributed by atoms with Gasteiger partial charge in [-0.2, -0.15) is 13.4 Å². The first-order valence-electron chi connectivity index (χ1n) is 9.66. The first-order valence-corrected chi connectivity index (χ1v) is 11.1. The highest BCUT2D eigenvalue weighted by atomic mass is 32.2. The van der Waals surface area contributed by atoms with Crippen LogP contribution in [-0.2, 0) is 26.9 Å². The van der Waals surface area contributed by atoms with Crippen LogP contribution in [0.3, 0.4) is 0 Å². The molecule has 33 heavy (non-hydrogen) atoms. The van der Waals surface area contributed by atoms with Gasteiger partial charge in [-0.15, -0.1) is 0 Å². The zero-order chi connectivity index (χ0) is 24.4. The Bertz CT molecular complexity index is 1290. The molecule has 3 rings (SSSR count). The van der Waals surface area contributed by atoms with Gasteiger partial charge in [0.15, 0.2) is 12.4 Å². The summed E-state index contributed by atoms with van der Waals surface area (Å²) in [7, 11) is -4.34. The molecule has 0 aliphatic rings. The molecule has 1 heterocycles. The number of nitro benzene ring substituents is 1. The van der Waals surface area contributed by atoms with Crippen LogP contribution in [0.2, 0.25) is 0 Å². The summed E-state index contributed by atoms with van der Waals surface area (Å²) in [5.74, 6) is -0.138. The van der Waals surface area contributed by atoms with E-state index in [9.17, 15) is 23.3 Å². The minimum absolute atomic E-state index is 0.0795. The number of nitro groups is 1. The minimum Gasteiger partial charge on any atom is -0.452 e. The smallest absolute Gasteiger partial charge is 0.339 e. The molecule has 0 amide bonds. The van der Waals surface area contributed by atoms with Crippen molar-refractivity contribution in [2.45, 2.75) is 44.6 Å². The van der Waals surface area contributed by atoms with Crippen molar-refractivity contribution in [1.29, 1.82) is 0 Å². The van der Waals surface area contributed by atoms with E-state index >= 15 is 0 Å². The molecule has 2 aromatic carbocycles. The van der Waals surface area contributed by atoms with E-state index < -0.39 is 21.0 Å². The van der Waals surface area contributed by atoms with Crippen LogP contribution in [0.1, 0.15) is 48.4 Å². The lowest BCUT2D eigenvalue weighted by atomic mass is 9.96. The van der Waals surface area contributed by atoms with Gasteiger partial charge < -0.3 is 13.4 Å². The molecule has 0 bridgehead atoms. The number of benzene rings is 2. The first-order chi connectivity index (χ1) is 15.4. The van der Waals surface area contributed by atoms with Gasteiger partial charge in [0.2, 0.25) is 0 Å². The van der Waals surface area contributed by atoms with Crippen LogP contribution in [0.25, 0.3) is 0 Å². The molecule has 0 N–H and O–H groups in total. The van der Waals surface area contributed by atoms with Gasteiger partial charge in [0.25, 0.3) is 11.6 Å². The van der Waals surface area contributed by atoms with Gasteiger partial charge in [-0.1, -0.05) is 32.0 Å². The molecule has 0 unspecified atom stereocenters. The molecule has 0 fully saturated rings. The molecule has 12 heteroatoms. The molecule has 0 aliphatic heterocycles. The van der Waals surface area contributed by atoms with Crippen LogP contribution in [0.15, 0.2) is 51.9 Å². The molecule has 0 spiro atoms. The number of carbonyl (C=O) groups is 1. The Morgan fingerprint density at radius 1 is 1.15 bits per heavy atom. The molecule has 3 aromatic rings. The largest absolute Gasteiger partial charge is 0.452 e. The zero-order valence-electron chi connectivity index (χ0n) is 18.3. The molecule has 0 atom stereocenters. The molecule has 11 nitrogen and oxygen atoms in total. The third-order valence-corrected chi connectivity index (χ3v) is 5.80. The fraction of sp³-hybridized carbons (Fsp3) is 0.286. The summed E-state index contributed by atoms with van der Waals surface area (Å²) in [6.07, 6.45) is 0. The number of aryl methyl sites for hydroxylation is 1. The maximum atomic E-state index is 12.6. The molecule has 174 valence electrons. The standard InChI is InChI=1S/C21H21N3O8S/c1-13-5-8-15(24(26)27)11-17(13)33(28,29)32-16-9-6-14(7-10-16)19(25)30-12-18-22-20(23-31-18)21(2,3)4/h5-11H,12H2,1-4H3. The predicted molar refractivity (Wildman–Crippen MR) is 114 cm³/mol. The van der Waals surface area contributed by atoms with E-state index in [4.69, 9.17) is 13.4 Å². The molecule has 0 aliphatic carbocycles. The highest BCUT2D eigenvalue weighted by Gasteiger charge is 2.24. The average molecular weight is 475 g/mol. The summed E-state index contributed by atoms with van der Waals surface area (Å²) in [5.41, 5.74) is -0.263. The number of hydrogen-bond acceptors (Lipinski definition) is 10.